The highest BCUT2D eigenvalue weighted by atomic mass is 32.2. The molecular weight excluding hydrogens is 248 g/mol. The summed E-state index contributed by atoms with van der Waals surface area (Å²) in [4.78, 5) is 11.9. The number of rotatable bonds is 9. The number of methoxy groups -OCH3 is 1. The lowest BCUT2D eigenvalue weighted by Gasteiger charge is -2.04. The van der Waals surface area contributed by atoms with Crippen LogP contribution >= 0.6 is 11.8 Å². The fraction of sp³-hybridized carbons (Fsp3) is 0.500. The Hall–Kier alpha value is -1.00. The van der Waals surface area contributed by atoms with Crippen LogP contribution in [-0.2, 0) is 4.74 Å². The van der Waals surface area contributed by atoms with E-state index in [0.29, 0.717) is 12.4 Å². The van der Waals surface area contributed by atoms with Crippen LogP contribution in [0.4, 0.5) is 0 Å². The molecule has 0 saturated carbocycles. The first-order valence-corrected chi connectivity index (χ1v) is 7.26. The molecule has 4 heteroatoms. The molecule has 0 bridgehead atoms. The monoisotopic (exact) mass is 268 g/mol. The Morgan fingerprint density at radius 3 is 2.61 bits per heavy atom. The lowest BCUT2D eigenvalue weighted by atomic mass is 10.1. The van der Waals surface area contributed by atoms with E-state index in [1.54, 1.807) is 18.9 Å². The first-order chi connectivity index (χ1) is 8.77. The van der Waals surface area contributed by atoms with Gasteiger partial charge in [0.25, 0.3) is 0 Å². The topological polar surface area (TPSA) is 35.5 Å². The highest BCUT2D eigenvalue weighted by Gasteiger charge is 2.05. The number of benzene rings is 1. The number of hydrogen-bond donors (Lipinski definition) is 0. The summed E-state index contributed by atoms with van der Waals surface area (Å²) in [5, 5.41) is 0. The molecule has 1 rings (SSSR count). The van der Waals surface area contributed by atoms with E-state index in [4.69, 9.17) is 9.47 Å². The Morgan fingerprint density at radius 1 is 1.28 bits per heavy atom. The fourth-order valence-electron chi connectivity index (χ4n) is 1.46. The average Bonchev–Trinajstić information content (AvgIpc) is 2.39. The maximum absolute atomic E-state index is 11.9. The lowest BCUT2D eigenvalue weighted by Crippen LogP contribution is -2.03. The SMILES string of the molecule is CCOc1ccc(C(=O)CSCCCOC)cc1. The van der Waals surface area contributed by atoms with Gasteiger partial charge in [0, 0.05) is 19.3 Å². The minimum absolute atomic E-state index is 0.167. The Labute approximate surface area is 113 Å². The Balaban J connectivity index is 2.32. The summed E-state index contributed by atoms with van der Waals surface area (Å²) in [5.74, 6) is 2.45. The molecule has 0 aliphatic rings. The van der Waals surface area contributed by atoms with Gasteiger partial charge in [0.1, 0.15) is 5.75 Å². The summed E-state index contributed by atoms with van der Waals surface area (Å²) in [6, 6.07) is 7.32. The predicted molar refractivity (Wildman–Crippen MR) is 75.8 cm³/mol. The summed E-state index contributed by atoms with van der Waals surface area (Å²) < 4.78 is 10.3. The number of hydrogen-bond acceptors (Lipinski definition) is 4. The van der Waals surface area contributed by atoms with E-state index in [-0.39, 0.29) is 5.78 Å². The van der Waals surface area contributed by atoms with Crippen LogP contribution in [-0.4, -0.2) is 37.6 Å². The van der Waals surface area contributed by atoms with Crippen molar-refractivity contribution in [3.8, 4) is 5.75 Å². The standard InChI is InChI=1S/C14H20O3S/c1-3-17-13-7-5-12(6-8-13)14(15)11-18-10-4-9-16-2/h5-8H,3-4,9-11H2,1-2H3. The molecule has 0 atom stereocenters. The van der Waals surface area contributed by atoms with E-state index in [1.165, 1.54) is 0 Å². The molecule has 100 valence electrons. The summed E-state index contributed by atoms with van der Waals surface area (Å²) in [6.45, 7) is 3.34. The van der Waals surface area contributed by atoms with Gasteiger partial charge in [-0.3, -0.25) is 4.79 Å². The molecule has 0 aliphatic carbocycles. The van der Waals surface area contributed by atoms with Gasteiger partial charge in [-0.25, -0.2) is 0 Å². The van der Waals surface area contributed by atoms with Gasteiger partial charge in [0.15, 0.2) is 5.78 Å². The number of ether oxygens (including phenoxy) is 2. The van der Waals surface area contributed by atoms with Crippen molar-refractivity contribution in [3.05, 3.63) is 29.8 Å². The maximum Gasteiger partial charge on any atom is 0.172 e. The molecule has 3 nitrogen and oxygen atoms in total. The van der Waals surface area contributed by atoms with Crippen molar-refractivity contribution in [3.63, 3.8) is 0 Å². The number of ketones is 1. The van der Waals surface area contributed by atoms with Crippen molar-refractivity contribution in [2.45, 2.75) is 13.3 Å². The molecule has 0 spiro atoms. The van der Waals surface area contributed by atoms with Gasteiger partial charge in [-0.15, -0.1) is 0 Å². The third kappa shape index (κ3) is 5.56. The molecule has 0 N–H and O–H groups in total. The van der Waals surface area contributed by atoms with Gasteiger partial charge in [-0.2, -0.15) is 11.8 Å². The van der Waals surface area contributed by atoms with E-state index in [0.717, 1.165) is 30.1 Å². The molecular formula is C14H20O3S. The van der Waals surface area contributed by atoms with E-state index in [1.807, 2.05) is 31.2 Å². The number of thioether (sulfide) groups is 1. The molecule has 0 unspecified atom stereocenters. The van der Waals surface area contributed by atoms with E-state index < -0.39 is 0 Å². The Morgan fingerprint density at radius 2 is 2.00 bits per heavy atom. The average molecular weight is 268 g/mol. The highest BCUT2D eigenvalue weighted by Crippen LogP contribution is 2.14. The van der Waals surface area contributed by atoms with Gasteiger partial charge in [0.2, 0.25) is 0 Å². The molecule has 0 fully saturated rings. The van der Waals surface area contributed by atoms with Crippen molar-refractivity contribution in [2.75, 3.05) is 31.8 Å². The fourth-order valence-corrected chi connectivity index (χ4v) is 2.28. The van der Waals surface area contributed by atoms with Crippen LogP contribution in [0.2, 0.25) is 0 Å². The summed E-state index contributed by atoms with van der Waals surface area (Å²) in [6.07, 6.45) is 0.984. The summed E-state index contributed by atoms with van der Waals surface area (Å²) >= 11 is 1.65. The first-order valence-electron chi connectivity index (χ1n) is 6.10. The summed E-state index contributed by atoms with van der Waals surface area (Å²) in [5.41, 5.74) is 0.748. The van der Waals surface area contributed by atoms with E-state index in [2.05, 4.69) is 0 Å². The van der Waals surface area contributed by atoms with Gasteiger partial charge in [-0.05, 0) is 43.4 Å². The highest BCUT2D eigenvalue weighted by molar-refractivity contribution is 7.99. The smallest absolute Gasteiger partial charge is 0.172 e. The molecule has 0 amide bonds. The molecule has 0 saturated heterocycles. The molecule has 0 aliphatic heterocycles. The molecule has 1 aromatic carbocycles. The Bertz CT molecular complexity index is 349. The van der Waals surface area contributed by atoms with E-state index in [9.17, 15) is 4.79 Å². The van der Waals surface area contributed by atoms with Gasteiger partial charge in [-0.1, -0.05) is 0 Å². The second-order valence-electron chi connectivity index (χ2n) is 3.78. The Kier molecular flexibility index (Phi) is 7.53. The summed E-state index contributed by atoms with van der Waals surface area (Å²) in [7, 11) is 1.69. The first kappa shape index (κ1) is 15.1. The second kappa shape index (κ2) is 9.00. The zero-order valence-corrected chi connectivity index (χ0v) is 11.8. The zero-order valence-electron chi connectivity index (χ0n) is 11.0. The van der Waals surface area contributed by atoms with Gasteiger partial charge in [0.05, 0.1) is 12.4 Å². The third-order valence-corrected chi connectivity index (χ3v) is 3.40. The number of carbonyl (C=O) groups excluding carboxylic acids is 1. The molecule has 1 aromatic rings. The maximum atomic E-state index is 11.9. The minimum Gasteiger partial charge on any atom is -0.494 e. The van der Waals surface area contributed by atoms with Crippen LogP contribution < -0.4 is 4.74 Å². The van der Waals surface area contributed by atoms with Crippen LogP contribution in [0.5, 0.6) is 5.75 Å². The number of Topliss-reactive ketones (excluding diaryl/α,β-unsaturated/α-hetero) is 1. The van der Waals surface area contributed by atoms with Crippen LogP contribution in [0, 0.1) is 0 Å². The van der Waals surface area contributed by atoms with Gasteiger partial charge < -0.3 is 9.47 Å². The van der Waals surface area contributed by atoms with Crippen molar-refractivity contribution < 1.29 is 14.3 Å². The zero-order chi connectivity index (χ0) is 13.2. The quantitative estimate of drug-likeness (QED) is 0.509. The van der Waals surface area contributed by atoms with Gasteiger partial charge >= 0.3 is 0 Å². The van der Waals surface area contributed by atoms with Crippen molar-refractivity contribution in [1.29, 1.82) is 0 Å². The van der Waals surface area contributed by atoms with Crippen molar-refractivity contribution in [2.24, 2.45) is 0 Å². The molecule has 0 heterocycles. The normalized spacial score (nSPS) is 10.3. The second-order valence-corrected chi connectivity index (χ2v) is 4.88. The third-order valence-electron chi connectivity index (χ3n) is 2.36. The molecule has 0 aromatic heterocycles. The number of carbonyl (C=O) groups is 1. The van der Waals surface area contributed by atoms with Crippen molar-refractivity contribution >= 4 is 17.5 Å². The van der Waals surface area contributed by atoms with Crippen molar-refractivity contribution in [1.82, 2.24) is 0 Å². The largest absolute Gasteiger partial charge is 0.494 e. The molecule has 0 radical (unpaired) electrons. The lowest BCUT2D eigenvalue weighted by molar-refractivity contribution is 0.102. The minimum atomic E-state index is 0.167. The van der Waals surface area contributed by atoms with Crippen LogP contribution in [0.15, 0.2) is 24.3 Å². The molecule has 18 heavy (non-hydrogen) atoms. The van der Waals surface area contributed by atoms with Crippen LogP contribution in [0.1, 0.15) is 23.7 Å². The van der Waals surface area contributed by atoms with Crippen LogP contribution in [0.25, 0.3) is 0 Å². The van der Waals surface area contributed by atoms with Crippen LogP contribution in [0.3, 0.4) is 0 Å². The van der Waals surface area contributed by atoms with E-state index >= 15 is 0 Å². The predicted octanol–water partition coefficient (Wildman–Crippen LogP) is 3.04.